The number of fused-ring (bicyclic) bond motifs is 1. The monoisotopic (exact) mass is 418 g/mol. The van der Waals surface area contributed by atoms with Crippen LogP contribution in [0.25, 0.3) is 0 Å². The van der Waals surface area contributed by atoms with Gasteiger partial charge in [-0.25, -0.2) is 0 Å². The first-order valence-corrected chi connectivity index (χ1v) is 10.8. The number of benzene rings is 2. The number of aliphatic hydroxyl groups is 4. The standard InChI is InChI=1S/C22H26O6S/c1-2-27-14-6-3-12(4-7-14)16-11-29-18-8-5-13(9-15(16)18)22-21(26)20(25)19(24)17(10-23)28-22/h3-9,16-17,19-26H,2,10-11H2,1H3/t16-,17?,19?,20?,21?,22?/m0/s1. The minimum atomic E-state index is -1.38. The Hall–Kier alpha value is -1.61. The van der Waals surface area contributed by atoms with Crippen molar-refractivity contribution in [1.29, 1.82) is 0 Å². The molecule has 0 radical (unpaired) electrons. The molecule has 0 bridgehead atoms. The highest BCUT2D eigenvalue weighted by Gasteiger charge is 2.44. The molecule has 6 nitrogen and oxygen atoms in total. The second kappa shape index (κ2) is 8.63. The summed E-state index contributed by atoms with van der Waals surface area (Å²) >= 11 is 1.78. The zero-order valence-corrected chi connectivity index (χ0v) is 17.0. The third-order valence-corrected chi connectivity index (χ3v) is 6.81. The van der Waals surface area contributed by atoms with Gasteiger partial charge in [0.15, 0.2) is 0 Å². The normalized spacial score (nSPS) is 31.5. The van der Waals surface area contributed by atoms with Crippen LogP contribution in [0.5, 0.6) is 5.75 Å². The van der Waals surface area contributed by atoms with Crippen LogP contribution in [0.4, 0.5) is 0 Å². The predicted octanol–water partition coefficient (Wildman–Crippen LogP) is 1.84. The van der Waals surface area contributed by atoms with E-state index in [0.717, 1.165) is 22.6 Å². The van der Waals surface area contributed by atoms with E-state index in [1.54, 1.807) is 11.8 Å². The van der Waals surface area contributed by atoms with Crippen LogP contribution in [0, 0.1) is 0 Å². The smallest absolute Gasteiger partial charge is 0.119 e. The van der Waals surface area contributed by atoms with E-state index in [1.807, 2.05) is 37.3 Å². The lowest BCUT2D eigenvalue weighted by Gasteiger charge is -2.40. The highest BCUT2D eigenvalue weighted by Crippen LogP contribution is 2.45. The van der Waals surface area contributed by atoms with E-state index >= 15 is 0 Å². The van der Waals surface area contributed by atoms with Crippen molar-refractivity contribution in [3.8, 4) is 5.75 Å². The van der Waals surface area contributed by atoms with E-state index in [1.165, 1.54) is 10.5 Å². The van der Waals surface area contributed by atoms with E-state index in [0.29, 0.717) is 6.61 Å². The van der Waals surface area contributed by atoms with Crippen LogP contribution in [0.1, 0.15) is 35.6 Å². The van der Waals surface area contributed by atoms with Crippen LogP contribution < -0.4 is 4.74 Å². The average molecular weight is 419 g/mol. The van der Waals surface area contributed by atoms with Crippen molar-refractivity contribution in [3.05, 3.63) is 59.2 Å². The van der Waals surface area contributed by atoms with E-state index in [-0.39, 0.29) is 5.92 Å². The van der Waals surface area contributed by atoms with E-state index < -0.39 is 37.1 Å². The third kappa shape index (κ3) is 3.91. The Balaban J connectivity index is 1.62. The second-order valence-electron chi connectivity index (χ2n) is 7.41. The van der Waals surface area contributed by atoms with E-state index in [9.17, 15) is 20.4 Å². The lowest BCUT2D eigenvalue weighted by atomic mass is 9.87. The van der Waals surface area contributed by atoms with Gasteiger partial charge >= 0.3 is 0 Å². The first-order valence-electron chi connectivity index (χ1n) is 9.83. The molecule has 0 spiro atoms. The minimum absolute atomic E-state index is 0.204. The molecular weight excluding hydrogens is 392 g/mol. The third-order valence-electron chi connectivity index (χ3n) is 5.63. The van der Waals surface area contributed by atoms with Gasteiger partial charge in [-0.15, -0.1) is 11.8 Å². The molecule has 156 valence electrons. The number of hydrogen-bond donors (Lipinski definition) is 4. The van der Waals surface area contributed by atoms with Crippen LogP contribution in [0.3, 0.4) is 0 Å². The molecule has 0 saturated carbocycles. The fourth-order valence-electron chi connectivity index (χ4n) is 4.03. The summed E-state index contributed by atoms with van der Waals surface area (Å²) in [6.07, 6.45) is -5.74. The summed E-state index contributed by atoms with van der Waals surface area (Å²) in [4.78, 5) is 1.18. The van der Waals surface area contributed by atoms with Crippen molar-refractivity contribution >= 4 is 11.8 Å². The average Bonchev–Trinajstić information content (AvgIpc) is 3.16. The maximum absolute atomic E-state index is 10.5. The zero-order valence-electron chi connectivity index (χ0n) is 16.1. The fourth-order valence-corrected chi connectivity index (χ4v) is 5.28. The van der Waals surface area contributed by atoms with Crippen molar-refractivity contribution in [2.75, 3.05) is 19.0 Å². The van der Waals surface area contributed by atoms with Crippen LogP contribution in [-0.2, 0) is 4.74 Å². The first kappa shape index (κ1) is 20.7. The summed E-state index contributed by atoms with van der Waals surface area (Å²) in [5, 5.41) is 40.0. The summed E-state index contributed by atoms with van der Waals surface area (Å²) in [6.45, 7) is 2.15. The molecular formula is C22H26O6S. The van der Waals surface area contributed by atoms with Gasteiger partial charge in [-0.2, -0.15) is 0 Å². The molecule has 5 unspecified atom stereocenters. The number of rotatable bonds is 5. The highest BCUT2D eigenvalue weighted by atomic mass is 32.2. The molecule has 4 rings (SSSR count). The molecule has 0 aromatic heterocycles. The van der Waals surface area contributed by atoms with Gasteiger partial charge in [-0.1, -0.05) is 24.3 Å². The molecule has 1 saturated heterocycles. The predicted molar refractivity (Wildman–Crippen MR) is 109 cm³/mol. The van der Waals surface area contributed by atoms with Crippen molar-refractivity contribution in [1.82, 2.24) is 0 Å². The van der Waals surface area contributed by atoms with Gasteiger partial charge in [0, 0.05) is 16.6 Å². The number of thioether (sulfide) groups is 1. The summed E-state index contributed by atoms with van der Waals surface area (Å²) in [5.41, 5.74) is 3.05. The molecule has 29 heavy (non-hydrogen) atoms. The van der Waals surface area contributed by atoms with Gasteiger partial charge in [-0.05, 0) is 41.8 Å². The highest BCUT2D eigenvalue weighted by molar-refractivity contribution is 7.99. The lowest BCUT2D eigenvalue weighted by Crippen LogP contribution is -2.55. The van der Waals surface area contributed by atoms with E-state index in [4.69, 9.17) is 9.47 Å². The van der Waals surface area contributed by atoms with Crippen LogP contribution in [0.2, 0.25) is 0 Å². The summed E-state index contributed by atoms with van der Waals surface area (Å²) in [5.74, 6) is 1.97. The molecule has 2 aromatic carbocycles. The van der Waals surface area contributed by atoms with E-state index in [2.05, 4.69) is 12.1 Å². The van der Waals surface area contributed by atoms with Crippen molar-refractivity contribution in [2.24, 2.45) is 0 Å². The SMILES string of the molecule is CCOc1ccc([C@@H]2CSc3ccc(C4OC(CO)C(O)C(O)C4O)cc32)cc1. The fraction of sp³-hybridized carbons (Fsp3) is 0.455. The van der Waals surface area contributed by atoms with Crippen LogP contribution >= 0.6 is 11.8 Å². The molecule has 1 fully saturated rings. The Morgan fingerprint density at radius 2 is 1.72 bits per heavy atom. The van der Waals surface area contributed by atoms with Gasteiger partial charge in [0.1, 0.15) is 36.3 Å². The van der Waals surface area contributed by atoms with Gasteiger partial charge in [-0.3, -0.25) is 0 Å². The second-order valence-corrected chi connectivity index (χ2v) is 8.47. The molecule has 2 heterocycles. The quantitative estimate of drug-likeness (QED) is 0.588. The summed E-state index contributed by atoms with van der Waals surface area (Å²) in [6, 6.07) is 14.0. The largest absolute Gasteiger partial charge is 0.494 e. The Morgan fingerprint density at radius 3 is 2.41 bits per heavy atom. The lowest BCUT2D eigenvalue weighted by molar-refractivity contribution is -0.231. The molecule has 2 aliphatic heterocycles. The van der Waals surface area contributed by atoms with Crippen LogP contribution in [0.15, 0.2) is 47.4 Å². The maximum atomic E-state index is 10.5. The molecule has 7 heteroatoms. The van der Waals surface area contributed by atoms with Crippen LogP contribution in [-0.4, -0.2) is 63.8 Å². The Morgan fingerprint density at radius 1 is 1.00 bits per heavy atom. The molecule has 6 atom stereocenters. The minimum Gasteiger partial charge on any atom is -0.494 e. The molecule has 2 aliphatic rings. The summed E-state index contributed by atoms with van der Waals surface area (Å²) < 4.78 is 11.3. The van der Waals surface area contributed by atoms with Gasteiger partial charge in [0.2, 0.25) is 0 Å². The van der Waals surface area contributed by atoms with Gasteiger partial charge in [0.05, 0.1) is 13.2 Å². The Bertz CT molecular complexity index is 840. The van der Waals surface area contributed by atoms with Gasteiger partial charge < -0.3 is 29.9 Å². The van der Waals surface area contributed by atoms with Crippen molar-refractivity contribution < 1.29 is 29.9 Å². The maximum Gasteiger partial charge on any atom is 0.119 e. The molecule has 0 aliphatic carbocycles. The van der Waals surface area contributed by atoms with Gasteiger partial charge in [0.25, 0.3) is 0 Å². The molecule has 0 amide bonds. The van der Waals surface area contributed by atoms with Crippen molar-refractivity contribution in [3.63, 3.8) is 0 Å². The Kier molecular flexibility index (Phi) is 6.15. The summed E-state index contributed by atoms with van der Waals surface area (Å²) in [7, 11) is 0. The molecule has 2 aromatic rings. The van der Waals surface area contributed by atoms with Crippen molar-refractivity contribution in [2.45, 2.75) is 48.3 Å². The zero-order chi connectivity index (χ0) is 20.5. The number of ether oxygens (including phenoxy) is 2. The Labute approximate surface area is 174 Å². The topological polar surface area (TPSA) is 99.4 Å². The number of aliphatic hydroxyl groups excluding tert-OH is 4. The molecule has 4 N–H and O–H groups in total. The first-order chi connectivity index (χ1) is 14.0. The number of hydrogen-bond acceptors (Lipinski definition) is 7.